The largest absolute Gasteiger partial charge is 0.312 e. The fourth-order valence-electron chi connectivity index (χ4n) is 4.64. The van der Waals surface area contributed by atoms with Gasteiger partial charge in [0.05, 0.1) is 0 Å². The Morgan fingerprint density at radius 3 is 2.81 bits per heavy atom. The second-order valence-electron chi connectivity index (χ2n) is 8.48. The van der Waals surface area contributed by atoms with E-state index in [0.717, 1.165) is 19.6 Å². The Morgan fingerprint density at radius 2 is 1.92 bits per heavy atom. The van der Waals surface area contributed by atoms with Crippen molar-refractivity contribution in [2.24, 2.45) is 0 Å². The van der Waals surface area contributed by atoms with Crippen LogP contribution in [0.3, 0.4) is 0 Å². The van der Waals surface area contributed by atoms with Crippen LogP contribution in [-0.2, 0) is 25.9 Å². The second-order valence-corrected chi connectivity index (χ2v) is 8.48. The molecule has 2 aromatic carbocycles. The van der Waals surface area contributed by atoms with E-state index in [0.29, 0.717) is 12.0 Å². The van der Waals surface area contributed by atoms with Gasteiger partial charge in [-0.15, -0.1) is 0 Å². The first-order valence-corrected chi connectivity index (χ1v) is 10.2. The zero-order valence-electron chi connectivity index (χ0n) is 16.5. The minimum Gasteiger partial charge on any atom is -0.312 e. The van der Waals surface area contributed by atoms with Crippen LogP contribution >= 0.6 is 0 Å². The van der Waals surface area contributed by atoms with Gasteiger partial charge in [-0.05, 0) is 79.9 Å². The molecule has 2 aromatic rings. The molecule has 0 spiro atoms. The van der Waals surface area contributed by atoms with Gasteiger partial charge in [0.2, 0.25) is 0 Å². The summed E-state index contributed by atoms with van der Waals surface area (Å²) in [5.41, 5.74) is 9.05. The van der Waals surface area contributed by atoms with Gasteiger partial charge >= 0.3 is 0 Å². The van der Waals surface area contributed by atoms with Gasteiger partial charge in [0.15, 0.2) is 0 Å². The van der Waals surface area contributed by atoms with Gasteiger partial charge in [0.1, 0.15) is 0 Å². The summed E-state index contributed by atoms with van der Waals surface area (Å²) in [5.74, 6) is 0.634. The van der Waals surface area contributed by atoms with E-state index < -0.39 is 0 Å². The number of hydrogen-bond donors (Lipinski definition) is 1. The van der Waals surface area contributed by atoms with Crippen molar-refractivity contribution in [3.63, 3.8) is 0 Å². The van der Waals surface area contributed by atoms with E-state index in [-0.39, 0.29) is 0 Å². The molecule has 2 unspecified atom stereocenters. The van der Waals surface area contributed by atoms with E-state index in [1.165, 1.54) is 47.9 Å². The van der Waals surface area contributed by atoms with Crippen molar-refractivity contribution in [2.75, 3.05) is 13.6 Å². The van der Waals surface area contributed by atoms with Crippen molar-refractivity contribution in [1.82, 2.24) is 10.2 Å². The summed E-state index contributed by atoms with van der Waals surface area (Å²) >= 11 is 0. The molecule has 2 aliphatic heterocycles. The van der Waals surface area contributed by atoms with Gasteiger partial charge in [-0.25, -0.2) is 0 Å². The molecule has 4 rings (SSSR count). The van der Waals surface area contributed by atoms with Crippen LogP contribution in [0, 0.1) is 6.92 Å². The Balaban J connectivity index is 1.40. The first-order valence-electron chi connectivity index (χ1n) is 10.2. The normalized spacial score (nSPS) is 21.1. The third kappa shape index (κ3) is 3.72. The van der Waals surface area contributed by atoms with Crippen molar-refractivity contribution >= 4 is 0 Å². The maximum atomic E-state index is 3.50. The van der Waals surface area contributed by atoms with E-state index in [1.807, 2.05) is 0 Å². The summed E-state index contributed by atoms with van der Waals surface area (Å²) in [6.07, 6.45) is 4.92. The number of benzene rings is 2. The maximum absolute atomic E-state index is 3.50. The predicted octanol–water partition coefficient (Wildman–Crippen LogP) is 4.58. The third-order valence-electron chi connectivity index (χ3n) is 6.48. The van der Waals surface area contributed by atoms with Gasteiger partial charge in [-0.2, -0.15) is 0 Å². The number of aryl methyl sites for hydroxylation is 1. The quantitative estimate of drug-likeness (QED) is 0.870. The van der Waals surface area contributed by atoms with Crippen molar-refractivity contribution in [3.8, 4) is 0 Å². The topological polar surface area (TPSA) is 15.3 Å². The number of rotatable bonds is 4. The van der Waals surface area contributed by atoms with Crippen LogP contribution in [0.15, 0.2) is 36.4 Å². The van der Waals surface area contributed by atoms with Crippen LogP contribution in [0.1, 0.15) is 59.1 Å². The molecule has 2 heterocycles. The van der Waals surface area contributed by atoms with Crippen LogP contribution in [0.2, 0.25) is 0 Å². The average Bonchev–Trinajstić information content (AvgIpc) is 2.66. The van der Waals surface area contributed by atoms with E-state index in [2.05, 4.69) is 67.5 Å². The molecule has 138 valence electrons. The number of fused-ring (bicyclic) bond motifs is 2. The Bertz CT molecular complexity index is 780. The molecule has 0 saturated carbocycles. The minimum absolute atomic E-state index is 0.634. The lowest BCUT2D eigenvalue weighted by Gasteiger charge is -2.35. The smallest absolute Gasteiger partial charge is 0.0236 e. The second kappa shape index (κ2) is 7.54. The highest BCUT2D eigenvalue weighted by Crippen LogP contribution is 2.30. The molecule has 0 bridgehead atoms. The SMILES string of the molecule is Cc1ccc2c(c1)CC(CCC(C)c1ccc3c(c1)CNCC3)N(C)C2. The van der Waals surface area contributed by atoms with Crippen LogP contribution in [0.5, 0.6) is 0 Å². The van der Waals surface area contributed by atoms with E-state index >= 15 is 0 Å². The monoisotopic (exact) mass is 348 g/mol. The van der Waals surface area contributed by atoms with E-state index in [4.69, 9.17) is 0 Å². The van der Waals surface area contributed by atoms with Gasteiger partial charge in [0, 0.05) is 19.1 Å². The Hall–Kier alpha value is -1.64. The third-order valence-corrected chi connectivity index (χ3v) is 6.48. The predicted molar refractivity (Wildman–Crippen MR) is 110 cm³/mol. The van der Waals surface area contributed by atoms with Gasteiger partial charge in [-0.3, -0.25) is 4.90 Å². The summed E-state index contributed by atoms with van der Waals surface area (Å²) in [6, 6.07) is 14.8. The standard InChI is InChI=1S/C24H32N2/c1-17-4-6-21-16-26(3)24(14-22(21)12-17)9-5-18(2)20-8-7-19-10-11-25-15-23(19)13-20/h4,6-8,12-13,18,24-25H,5,9-11,14-16H2,1-3H3. The molecule has 2 aliphatic rings. The summed E-state index contributed by atoms with van der Waals surface area (Å²) in [6.45, 7) is 7.87. The van der Waals surface area contributed by atoms with E-state index in [1.54, 1.807) is 11.1 Å². The highest BCUT2D eigenvalue weighted by Gasteiger charge is 2.24. The van der Waals surface area contributed by atoms with Crippen LogP contribution in [-0.4, -0.2) is 24.5 Å². The molecule has 1 N–H and O–H groups in total. The van der Waals surface area contributed by atoms with Crippen LogP contribution in [0.25, 0.3) is 0 Å². The minimum atomic E-state index is 0.634. The fraction of sp³-hybridized carbons (Fsp3) is 0.500. The summed E-state index contributed by atoms with van der Waals surface area (Å²) in [4.78, 5) is 2.56. The van der Waals surface area contributed by atoms with Crippen molar-refractivity contribution in [1.29, 1.82) is 0 Å². The molecule has 26 heavy (non-hydrogen) atoms. The first kappa shape index (κ1) is 17.8. The molecule has 0 radical (unpaired) electrons. The Morgan fingerprint density at radius 1 is 1.08 bits per heavy atom. The summed E-state index contributed by atoms with van der Waals surface area (Å²) < 4.78 is 0. The zero-order valence-corrected chi connectivity index (χ0v) is 16.5. The molecule has 0 aliphatic carbocycles. The summed E-state index contributed by atoms with van der Waals surface area (Å²) in [7, 11) is 2.29. The highest BCUT2D eigenvalue weighted by molar-refractivity contribution is 5.36. The molecular formula is C24H32N2. The fourth-order valence-corrected chi connectivity index (χ4v) is 4.64. The lowest BCUT2D eigenvalue weighted by atomic mass is 9.86. The number of nitrogens with zero attached hydrogens (tertiary/aromatic N) is 1. The zero-order chi connectivity index (χ0) is 18.1. The van der Waals surface area contributed by atoms with Crippen molar-refractivity contribution < 1.29 is 0 Å². The maximum Gasteiger partial charge on any atom is 0.0236 e. The van der Waals surface area contributed by atoms with Crippen molar-refractivity contribution in [3.05, 3.63) is 69.8 Å². The molecule has 2 nitrogen and oxygen atoms in total. The molecule has 0 aromatic heterocycles. The molecule has 0 amide bonds. The number of hydrogen-bond acceptors (Lipinski definition) is 2. The Kier molecular flexibility index (Phi) is 5.15. The molecule has 0 fully saturated rings. The first-order chi connectivity index (χ1) is 12.6. The number of nitrogens with one attached hydrogen (secondary N) is 1. The Labute approximate surface area is 158 Å². The summed E-state index contributed by atoms with van der Waals surface area (Å²) in [5, 5.41) is 3.50. The van der Waals surface area contributed by atoms with Crippen LogP contribution < -0.4 is 5.32 Å². The lowest BCUT2D eigenvalue weighted by molar-refractivity contribution is 0.199. The van der Waals surface area contributed by atoms with Crippen molar-refractivity contribution in [2.45, 2.75) is 64.6 Å². The van der Waals surface area contributed by atoms with Crippen LogP contribution in [0.4, 0.5) is 0 Å². The molecule has 2 heteroatoms. The van der Waals surface area contributed by atoms with Gasteiger partial charge in [-0.1, -0.05) is 48.9 Å². The van der Waals surface area contributed by atoms with E-state index in [9.17, 15) is 0 Å². The number of likely N-dealkylation sites (N-methyl/N-ethyl adjacent to an activating group) is 1. The highest BCUT2D eigenvalue weighted by atomic mass is 15.1. The molecule has 0 saturated heterocycles. The molecule has 2 atom stereocenters. The van der Waals surface area contributed by atoms with Gasteiger partial charge in [0.25, 0.3) is 0 Å². The average molecular weight is 349 g/mol. The molecular weight excluding hydrogens is 316 g/mol. The van der Waals surface area contributed by atoms with Gasteiger partial charge < -0.3 is 5.32 Å². The lowest BCUT2D eigenvalue weighted by Crippen LogP contribution is -2.37.